The summed E-state index contributed by atoms with van der Waals surface area (Å²) in [6.45, 7) is 5.38. The zero-order valence-corrected chi connectivity index (χ0v) is 8.11. The van der Waals surface area contributed by atoms with Gasteiger partial charge in [0.15, 0.2) is 0 Å². The van der Waals surface area contributed by atoms with Gasteiger partial charge in [0.1, 0.15) is 5.76 Å². The Morgan fingerprint density at radius 3 is 2.58 bits per heavy atom. The molecule has 0 aliphatic carbocycles. The summed E-state index contributed by atoms with van der Waals surface area (Å²) in [5, 5.41) is 0.480. The molecule has 0 spiro atoms. The molecule has 0 bridgehead atoms. The third kappa shape index (κ3) is 1.53. The Morgan fingerprint density at radius 2 is 2.25 bits per heavy atom. The van der Waals surface area contributed by atoms with Gasteiger partial charge in [0.25, 0.3) is 0 Å². The molecule has 0 saturated carbocycles. The molecule has 1 rings (SSSR count). The van der Waals surface area contributed by atoms with Gasteiger partial charge in [-0.3, -0.25) is 4.79 Å². The van der Waals surface area contributed by atoms with E-state index in [9.17, 15) is 4.79 Å². The summed E-state index contributed by atoms with van der Waals surface area (Å²) in [6, 6.07) is 0. The van der Waals surface area contributed by atoms with Gasteiger partial charge < -0.3 is 4.74 Å². The summed E-state index contributed by atoms with van der Waals surface area (Å²) in [4.78, 5) is 11.2. The van der Waals surface area contributed by atoms with Gasteiger partial charge in [0.2, 0.25) is 0 Å². The van der Waals surface area contributed by atoms with Crippen LogP contribution in [0, 0.1) is 5.41 Å². The third-order valence-corrected chi connectivity index (χ3v) is 2.11. The van der Waals surface area contributed by atoms with Gasteiger partial charge in [-0.2, -0.15) is 0 Å². The van der Waals surface area contributed by atoms with Crippen LogP contribution >= 0.6 is 11.6 Å². The van der Waals surface area contributed by atoms with Crippen LogP contribution in [-0.2, 0) is 9.53 Å². The monoisotopic (exact) mass is 186 g/mol. The fraction of sp³-hybridized carbons (Fsp3) is 0.444. The molecule has 1 heterocycles. The van der Waals surface area contributed by atoms with Crippen molar-refractivity contribution in [2.24, 2.45) is 5.41 Å². The number of hydrogen-bond donors (Lipinski definition) is 0. The molecule has 2 nitrogen and oxygen atoms in total. The molecular formula is C9H11ClO2. The van der Waals surface area contributed by atoms with Crippen molar-refractivity contribution in [2.45, 2.75) is 20.8 Å². The van der Waals surface area contributed by atoms with E-state index in [1.54, 1.807) is 32.9 Å². The van der Waals surface area contributed by atoms with Gasteiger partial charge in [0.05, 0.1) is 10.4 Å². The van der Waals surface area contributed by atoms with E-state index in [1.165, 1.54) is 0 Å². The van der Waals surface area contributed by atoms with E-state index >= 15 is 0 Å². The number of halogens is 1. The fourth-order valence-electron chi connectivity index (χ4n) is 0.907. The largest absolute Gasteiger partial charge is 0.425 e. The Morgan fingerprint density at radius 1 is 1.67 bits per heavy atom. The average Bonchev–Trinajstić information content (AvgIpc) is 2.25. The highest BCUT2D eigenvalue weighted by atomic mass is 35.5. The lowest BCUT2D eigenvalue weighted by molar-refractivity contribution is -0.143. The van der Waals surface area contributed by atoms with Crippen LogP contribution in [-0.4, -0.2) is 5.97 Å². The van der Waals surface area contributed by atoms with Gasteiger partial charge in [0, 0.05) is 0 Å². The van der Waals surface area contributed by atoms with E-state index in [0.717, 1.165) is 0 Å². The molecule has 0 atom stereocenters. The van der Waals surface area contributed by atoms with Crippen molar-refractivity contribution >= 4 is 17.6 Å². The lowest BCUT2D eigenvalue weighted by Crippen LogP contribution is -2.17. The van der Waals surface area contributed by atoms with Crippen molar-refractivity contribution in [3.63, 3.8) is 0 Å². The molecule has 12 heavy (non-hydrogen) atoms. The van der Waals surface area contributed by atoms with Crippen molar-refractivity contribution in [1.82, 2.24) is 0 Å². The molecule has 3 heteroatoms. The first-order valence-corrected chi connectivity index (χ1v) is 4.12. The number of carbonyl (C=O) groups excluding carboxylic acids is 1. The summed E-state index contributed by atoms with van der Waals surface area (Å²) in [5.74, 6) is 0.215. The molecule has 0 aromatic rings. The molecule has 0 amide bonds. The minimum absolute atomic E-state index is 0.252. The summed E-state index contributed by atoms with van der Waals surface area (Å²) < 4.78 is 4.95. The Hall–Kier alpha value is -0.760. The SMILES string of the molecule is C/C=C(/Cl)C1=CC(C)(C)C(=O)O1. The summed E-state index contributed by atoms with van der Waals surface area (Å²) in [6.07, 6.45) is 3.43. The molecule has 1 aliphatic rings. The zero-order valence-electron chi connectivity index (χ0n) is 7.35. The van der Waals surface area contributed by atoms with Crippen LogP contribution in [0.25, 0.3) is 0 Å². The Kier molecular flexibility index (Phi) is 2.29. The van der Waals surface area contributed by atoms with Gasteiger partial charge in [-0.15, -0.1) is 0 Å². The molecular weight excluding hydrogens is 176 g/mol. The summed E-state index contributed by atoms with van der Waals surface area (Å²) in [7, 11) is 0. The lowest BCUT2D eigenvalue weighted by atomic mass is 9.95. The van der Waals surface area contributed by atoms with E-state index in [-0.39, 0.29) is 5.97 Å². The molecule has 66 valence electrons. The van der Waals surface area contributed by atoms with Crippen LogP contribution in [0.1, 0.15) is 20.8 Å². The normalized spacial score (nSPS) is 22.2. The maximum Gasteiger partial charge on any atom is 0.320 e. The fourth-order valence-corrected chi connectivity index (χ4v) is 1.00. The Bertz CT molecular complexity index is 274. The van der Waals surface area contributed by atoms with Crippen molar-refractivity contribution in [1.29, 1.82) is 0 Å². The smallest absolute Gasteiger partial charge is 0.320 e. The molecule has 0 radical (unpaired) electrons. The number of carbonyl (C=O) groups is 1. The zero-order chi connectivity index (χ0) is 9.35. The second-order valence-corrected chi connectivity index (χ2v) is 3.66. The van der Waals surface area contributed by atoms with Crippen LogP contribution in [0.3, 0.4) is 0 Å². The van der Waals surface area contributed by atoms with Gasteiger partial charge in [-0.1, -0.05) is 17.7 Å². The first-order valence-electron chi connectivity index (χ1n) is 3.74. The molecule has 1 aliphatic heterocycles. The number of esters is 1. The molecule has 0 unspecified atom stereocenters. The van der Waals surface area contributed by atoms with Gasteiger partial charge >= 0.3 is 5.97 Å². The van der Waals surface area contributed by atoms with E-state index in [4.69, 9.17) is 16.3 Å². The van der Waals surface area contributed by atoms with Crippen LogP contribution in [0.2, 0.25) is 0 Å². The van der Waals surface area contributed by atoms with E-state index in [1.807, 2.05) is 0 Å². The van der Waals surface area contributed by atoms with E-state index in [0.29, 0.717) is 10.8 Å². The summed E-state index contributed by atoms with van der Waals surface area (Å²) in [5.41, 5.74) is -0.543. The van der Waals surface area contributed by atoms with E-state index in [2.05, 4.69) is 0 Å². The molecule has 0 aromatic carbocycles. The topological polar surface area (TPSA) is 26.3 Å². The minimum atomic E-state index is -0.543. The van der Waals surface area contributed by atoms with Gasteiger partial charge in [-0.25, -0.2) is 0 Å². The Balaban J connectivity index is 2.94. The van der Waals surface area contributed by atoms with Crippen LogP contribution in [0.4, 0.5) is 0 Å². The number of cyclic esters (lactones) is 1. The highest BCUT2D eigenvalue weighted by Gasteiger charge is 2.35. The second-order valence-electron chi connectivity index (χ2n) is 3.26. The van der Waals surface area contributed by atoms with E-state index < -0.39 is 5.41 Å². The summed E-state index contributed by atoms with van der Waals surface area (Å²) >= 11 is 5.78. The average molecular weight is 187 g/mol. The molecule has 0 N–H and O–H groups in total. The first-order chi connectivity index (χ1) is 5.47. The standard InChI is InChI=1S/C9H11ClO2/c1-4-6(10)7-5-9(2,3)8(11)12-7/h4-5H,1-3H3/b6-4+. The maximum atomic E-state index is 11.2. The van der Waals surface area contributed by atoms with Crippen molar-refractivity contribution in [3.05, 3.63) is 22.9 Å². The molecule has 0 aromatic heterocycles. The van der Waals surface area contributed by atoms with Crippen LogP contribution in [0.5, 0.6) is 0 Å². The predicted octanol–water partition coefficient (Wildman–Crippen LogP) is 2.60. The van der Waals surface area contributed by atoms with Gasteiger partial charge in [-0.05, 0) is 26.8 Å². The quantitative estimate of drug-likeness (QED) is 0.589. The number of allylic oxidation sites excluding steroid dienone is 2. The first kappa shape index (κ1) is 9.33. The number of rotatable bonds is 1. The van der Waals surface area contributed by atoms with Crippen LogP contribution in [0.15, 0.2) is 22.9 Å². The highest BCUT2D eigenvalue weighted by Crippen LogP contribution is 2.33. The van der Waals surface area contributed by atoms with Crippen molar-refractivity contribution < 1.29 is 9.53 Å². The Labute approximate surface area is 76.9 Å². The highest BCUT2D eigenvalue weighted by molar-refractivity contribution is 6.32. The molecule has 0 saturated heterocycles. The third-order valence-electron chi connectivity index (χ3n) is 1.71. The van der Waals surface area contributed by atoms with Crippen molar-refractivity contribution in [2.75, 3.05) is 0 Å². The number of hydrogen-bond acceptors (Lipinski definition) is 2. The maximum absolute atomic E-state index is 11.2. The minimum Gasteiger partial charge on any atom is -0.425 e. The van der Waals surface area contributed by atoms with Crippen molar-refractivity contribution in [3.8, 4) is 0 Å². The molecule has 0 fully saturated rings. The predicted molar refractivity (Wildman–Crippen MR) is 47.6 cm³/mol. The van der Waals surface area contributed by atoms with Crippen LogP contribution < -0.4 is 0 Å². The number of ether oxygens (including phenoxy) is 1. The lowest BCUT2D eigenvalue weighted by Gasteiger charge is -2.07. The second kappa shape index (κ2) is 2.94.